The third-order valence-electron chi connectivity index (χ3n) is 6.36. The maximum atomic E-state index is 14.6. The number of nitrogens with two attached hydrogens (primary N) is 2. The lowest BCUT2D eigenvalue weighted by Crippen LogP contribution is -2.61. The zero-order valence-electron chi connectivity index (χ0n) is 19.3. The smallest absolute Gasteiger partial charge is 0.406 e. The maximum absolute atomic E-state index is 14.6. The van der Waals surface area contributed by atoms with Gasteiger partial charge in [0.05, 0.1) is 12.0 Å². The van der Waals surface area contributed by atoms with Gasteiger partial charge in [-0.2, -0.15) is 4.39 Å². The summed E-state index contributed by atoms with van der Waals surface area (Å²) in [5, 5.41) is 2.90. The Hall–Kier alpha value is -3.55. The van der Waals surface area contributed by atoms with Crippen molar-refractivity contribution in [3.8, 4) is 5.75 Å². The summed E-state index contributed by atoms with van der Waals surface area (Å²) in [7, 11) is 0. The first-order valence-corrected chi connectivity index (χ1v) is 11.7. The van der Waals surface area contributed by atoms with Gasteiger partial charge in [-0.15, -0.1) is 13.2 Å². The number of halogens is 5. The molecule has 15 heteroatoms. The molecule has 3 unspecified atom stereocenters. The van der Waals surface area contributed by atoms with Gasteiger partial charge in [0.2, 0.25) is 17.6 Å². The molecule has 4 rings (SSSR count). The normalized spacial score (nSPS) is 22.6. The minimum Gasteiger partial charge on any atom is -0.406 e. The second-order valence-electron chi connectivity index (χ2n) is 8.80. The maximum Gasteiger partial charge on any atom is 0.573 e. The van der Waals surface area contributed by atoms with E-state index in [0.29, 0.717) is 19.4 Å². The molecule has 5 N–H and O–H groups in total. The molecule has 200 valence electrons. The van der Waals surface area contributed by atoms with E-state index in [1.807, 2.05) is 0 Å². The van der Waals surface area contributed by atoms with Crippen molar-refractivity contribution in [1.29, 1.82) is 0 Å². The van der Waals surface area contributed by atoms with Crippen LogP contribution in [0.3, 0.4) is 0 Å². The molecule has 0 radical (unpaired) electrons. The highest BCUT2D eigenvalue weighted by Crippen LogP contribution is 2.33. The molecule has 0 bridgehead atoms. The average molecular weight is 546 g/mol. The minimum atomic E-state index is -4.91. The third kappa shape index (κ3) is 6.06. The van der Waals surface area contributed by atoms with Crippen LogP contribution >= 0.6 is 11.6 Å². The number of piperidine rings is 2. The lowest BCUT2D eigenvalue weighted by atomic mass is 9.87. The summed E-state index contributed by atoms with van der Waals surface area (Å²) in [6.45, 7) is 0.636. The number of alkyl halides is 3. The Morgan fingerprint density at radius 2 is 1.95 bits per heavy atom. The number of likely N-dealkylation sites (tertiary alicyclic amines) is 1. The van der Waals surface area contributed by atoms with E-state index in [1.165, 1.54) is 11.0 Å². The van der Waals surface area contributed by atoms with Gasteiger partial charge in [0, 0.05) is 36.4 Å². The number of nitrogens with zero attached hydrogens (tertiary/aromatic N) is 4. The molecule has 0 saturated carbocycles. The quantitative estimate of drug-likeness (QED) is 0.471. The van der Waals surface area contributed by atoms with Gasteiger partial charge in [-0.3, -0.25) is 9.59 Å². The van der Waals surface area contributed by atoms with Crippen LogP contribution in [-0.2, 0) is 9.59 Å². The highest BCUT2D eigenvalue weighted by Gasteiger charge is 2.42. The first kappa shape index (κ1) is 26.5. The number of nitrogens with one attached hydrogen (secondary N) is 1. The van der Waals surface area contributed by atoms with E-state index >= 15 is 0 Å². The monoisotopic (exact) mass is 545 g/mol. The fraction of sp³-hybridized carbons (Fsp3) is 0.455. The Balaban J connectivity index is 1.55. The number of carbonyl (C=O) groups is 2. The minimum absolute atomic E-state index is 0.0211. The van der Waals surface area contributed by atoms with Crippen LogP contribution in [0.25, 0.3) is 0 Å². The average Bonchev–Trinajstić information content (AvgIpc) is 2.80. The lowest BCUT2D eigenvalue weighted by Gasteiger charge is -2.46. The number of ether oxygens (including phenoxy) is 1. The molecule has 3 atom stereocenters. The number of nitrogen functional groups attached to an aromatic ring is 1. The standard InChI is InChI=1S/C22H24ClF4N7O3/c23-11-6-12(8-13(7-11)37-22(25,26)27)32-15-2-1-4-34(21(15)36)16-9-33(5-3-14(16)19(29)35)20-17(24)18(28)30-10-31-20/h6-8,10,14-16,32H,1-5,9H2,(H2,29,35)(H2,28,30,31). The van der Waals surface area contributed by atoms with Crippen LogP contribution in [0.15, 0.2) is 24.5 Å². The van der Waals surface area contributed by atoms with Gasteiger partial charge in [-0.25, -0.2) is 9.97 Å². The molecule has 2 amide bonds. The van der Waals surface area contributed by atoms with E-state index in [1.54, 1.807) is 4.90 Å². The van der Waals surface area contributed by atoms with Gasteiger partial charge in [-0.1, -0.05) is 11.6 Å². The number of hydrogen-bond donors (Lipinski definition) is 3. The number of rotatable bonds is 6. The van der Waals surface area contributed by atoms with Gasteiger partial charge >= 0.3 is 6.36 Å². The number of benzene rings is 1. The Labute approximate surface area is 213 Å². The van der Waals surface area contributed by atoms with Crippen molar-refractivity contribution in [2.45, 2.75) is 37.7 Å². The summed E-state index contributed by atoms with van der Waals surface area (Å²) in [4.78, 5) is 36.4. The molecule has 1 aromatic heterocycles. The first-order chi connectivity index (χ1) is 17.4. The van der Waals surface area contributed by atoms with E-state index in [0.717, 1.165) is 18.5 Å². The van der Waals surface area contributed by atoms with Crippen LogP contribution in [0.4, 0.5) is 34.9 Å². The molecule has 3 heterocycles. The summed E-state index contributed by atoms with van der Waals surface area (Å²) in [5.41, 5.74) is 11.4. The van der Waals surface area contributed by atoms with Crippen molar-refractivity contribution < 1.29 is 31.9 Å². The Kier molecular flexibility index (Phi) is 7.48. The number of carbonyl (C=O) groups excluding carboxylic acids is 2. The predicted molar refractivity (Wildman–Crippen MR) is 126 cm³/mol. The predicted octanol–water partition coefficient (Wildman–Crippen LogP) is 2.53. The van der Waals surface area contributed by atoms with Crippen molar-refractivity contribution in [3.63, 3.8) is 0 Å². The molecular weight excluding hydrogens is 522 g/mol. The second-order valence-corrected chi connectivity index (χ2v) is 9.24. The molecule has 2 fully saturated rings. The van der Waals surface area contributed by atoms with E-state index in [4.69, 9.17) is 23.1 Å². The van der Waals surface area contributed by atoms with Crippen LogP contribution < -0.4 is 26.4 Å². The van der Waals surface area contributed by atoms with Gasteiger partial charge in [-0.05, 0) is 31.4 Å². The second kappa shape index (κ2) is 10.4. The third-order valence-corrected chi connectivity index (χ3v) is 6.58. The fourth-order valence-electron chi connectivity index (χ4n) is 4.77. The summed E-state index contributed by atoms with van der Waals surface area (Å²) in [5.74, 6) is -3.39. The van der Waals surface area contributed by atoms with Gasteiger partial charge in [0.25, 0.3) is 0 Å². The van der Waals surface area contributed by atoms with E-state index < -0.39 is 41.8 Å². The number of hydrogen-bond acceptors (Lipinski definition) is 8. The Morgan fingerprint density at radius 1 is 1.19 bits per heavy atom. The summed E-state index contributed by atoms with van der Waals surface area (Å²) >= 11 is 5.95. The molecule has 0 spiro atoms. The van der Waals surface area contributed by atoms with Crippen molar-refractivity contribution >= 4 is 40.7 Å². The summed E-state index contributed by atoms with van der Waals surface area (Å²) < 4.78 is 56.5. The summed E-state index contributed by atoms with van der Waals surface area (Å²) in [6.07, 6.45) is -2.63. The van der Waals surface area contributed by atoms with Gasteiger partial charge in [0.1, 0.15) is 18.1 Å². The molecule has 2 saturated heterocycles. The zero-order valence-corrected chi connectivity index (χ0v) is 20.1. The molecule has 2 aliphatic rings. The molecule has 2 aromatic rings. The molecule has 2 aliphatic heterocycles. The number of amides is 2. The van der Waals surface area contributed by atoms with Crippen molar-refractivity contribution in [2.75, 3.05) is 35.6 Å². The van der Waals surface area contributed by atoms with E-state index in [9.17, 15) is 27.2 Å². The molecule has 0 aliphatic carbocycles. The van der Waals surface area contributed by atoms with E-state index in [2.05, 4.69) is 20.0 Å². The number of aromatic nitrogens is 2. The van der Waals surface area contributed by atoms with Crippen molar-refractivity contribution in [2.24, 2.45) is 11.7 Å². The summed E-state index contributed by atoms with van der Waals surface area (Å²) in [6, 6.07) is 1.95. The first-order valence-electron chi connectivity index (χ1n) is 11.4. The Morgan fingerprint density at radius 3 is 2.65 bits per heavy atom. The largest absolute Gasteiger partial charge is 0.573 e. The topological polar surface area (TPSA) is 140 Å². The highest BCUT2D eigenvalue weighted by molar-refractivity contribution is 6.31. The molecule has 10 nitrogen and oxygen atoms in total. The van der Waals surface area contributed by atoms with Crippen molar-refractivity contribution in [1.82, 2.24) is 14.9 Å². The number of primary amides is 1. The van der Waals surface area contributed by atoms with Gasteiger partial charge < -0.3 is 31.3 Å². The Bertz CT molecular complexity index is 1190. The number of anilines is 3. The van der Waals surface area contributed by atoms with Crippen molar-refractivity contribution in [3.05, 3.63) is 35.4 Å². The van der Waals surface area contributed by atoms with Crippen LogP contribution in [0, 0.1) is 11.7 Å². The van der Waals surface area contributed by atoms with E-state index in [-0.39, 0.29) is 47.8 Å². The molecule has 37 heavy (non-hydrogen) atoms. The zero-order chi connectivity index (χ0) is 26.9. The van der Waals surface area contributed by atoms with Gasteiger partial charge in [0.15, 0.2) is 11.6 Å². The fourth-order valence-corrected chi connectivity index (χ4v) is 4.99. The van der Waals surface area contributed by atoms with Crippen LogP contribution in [0.2, 0.25) is 5.02 Å². The lowest BCUT2D eigenvalue weighted by molar-refractivity contribution is -0.274. The van der Waals surface area contributed by atoms with Crippen LogP contribution in [0.1, 0.15) is 19.3 Å². The molecule has 1 aromatic carbocycles. The van der Waals surface area contributed by atoms with Crippen LogP contribution in [-0.4, -0.2) is 64.8 Å². The van der Waals surface area contributed by atoms with Crippen LogP contribution in [0.5, 0.6) is 5.75 Å². The SMILES string of the molecule is NC(=O)C1CCN(c2ncnc(N)c2F)CC1N1CCCC(Nc2cc(Cl)cc(OC(F)(F)F)c2)C1=O. The highest BCUT2D eigenvalue weighted by atomic mass is 35.5. The molecular formula is C22H24ClF4N7O3.